The Balaban J connectivity index is 1.63. The molecular formula is C15H21N3O4. The Morgan fingerprint density at radius 2 is 2.09 bits per heavy atom. The predicted octanol–water partition coefficient (Wildman–Crippen LogP) is 2.31. The highest BCUT2D eigenvalue weighted by Crippen LogP contribution is 2.12. The van der Waals surface area contributed by atoms with Crippen LogP contribution >= 0.6 is 0 Å². The number of nitro benzene ring substituents is 1. The lowest BCUT2D eigenvalue weighted by Crippen LogP contribution is -2.37. The number of benzene rings is 1. The number of carbonyl (C=O) groups excluding carboxylic acids is 1. The molecule has 1 aliphatic rings. The molecule has 0 aromatic heterocycles. The SMILES string of the molecule is O=C(OCCNCc1cccc([N+](=O)[O-])c1)N1CCCCC1. The summed E-state index contributed by atoms with van der Waals surface area (Å²) in [7, 11) is 0. The average Bonchev–Trinajstić information content (AvgIpc) is 2.55. The Morgan fingerprint density at radius 1 is 1.32 bits per heavy atom. The second-order valence-corrected chi connectivity index (χ2v) is 5.27. The molecule has 0 bridgehead atoms. The number of non-ortho nitro benzene ring substituents is 1. The minimum Gasteiger partial charge on any atom is -0.448 e. The highest BCUT2D eigenvalue weighted by atomic mass is 16.6. The largest absolute Gasteiger partial charge is 0.448 e. The van der Waals surface area contributed by atoms with Crippen molar-refractivity contribution in [3.8, 4) is 0 Å². The van der Waals surface area contributed by atoms with Crippen molar-refractivity contribution in [1.29, 1.82) is 0 Å². The molecule has 7 nitrogen and oxygen atoms in total. The second kappa shape index (κ2) is 8.33. The molecule has 2 rings (SSSR count). The molecule has 0 spiro atoms. The number of nitro groups is 1. The fraction of sp³-hybridized carbons (Fsp3) is 0.533. The van der Waals surface area contributed by atoms with Gasteiger partial charge in [0.15, 0.2) is 0 Å². The highest BCUT2D eigenvalue weighted by Gasteiger charge is 2.17. The summed E-state index contributed by atoms with van der Waals surface area (Å²) in [5, 5.41) is 13.8. The van der Waals surface area contributed by atoms with Crippen molar-refractivity contribution >= 4 is 11.8 Å². The van der Waals surface area contributed by atoms with Gasteiger partial charge in [-0.2, -0.15) is 0 Å². The van der Waals surface area contributed by atoms with E-state index in [4.69, 9.17) is 4.74 Å². The van der Waals surface area contributed by atoms with Crippen LogP contribution in [0.2, 0.25) is 0 Å². The first kappa shape index (κ1) is 16.2. The van der Waals surface area contributed by atoms with Crippen LogP contribution in [0.1, 0.15) is 24.8 Å². The van der Waals surface area contributed by atoms with Gasteiger partial charge in [-0.1, -0.05) is 12.1 Å². The monoisotopic (exact) mass is 307 g/mol. The summed E-state index contributed by atoms with van der Waals surface area (Å²) in [4.78, 5) is 23.8. The quantitative estimate of drug-likeness (QED) is 0.495. The van der Waals surface area contributed by atoms with E-state index in [9.17, 15) is 14.9 Å². The van der Waals surface area contributed by atoms with Gasteiger partial charge in [0, 0.05) is 38.3 Å². The van der Waals surface area contributed by atoms with Crippen molar-refractivity contribution < 1.29 is 14.5 Å². The third kappa shape index (κ3) is 5.00. The van der Waals surface area contributed by atoms with Gasteiger partial charge in [0.05, 0.1) is 4.92 Å². The average molecular weight is 307 g/mol. The smallest absolute Gasteiger partial charge is 0.409 e. The first-order valence-electron chi connectivity index (χ1n) is 7.52. The van der Waals surface area contributed by atoms with Gasteiger partial charge in [0.1, 0.15) is 6.61 Å². The van der Waals surface area contributed by atoms with Crippen LogP contribution in [0.15, 0.2) is 24.3 Å². The maximum Gasteiger partial charge on any atom is 0.409 e. The number of hydrogen-bond donors (Lipinski definition) is 1. The topological polar surface area (TPSA) is 84.7 Å². The van der Waals surface area contributed by atoms with E-state index in [1.165, 1.54) is 18.6 Å². The van der Waals surface area contributed by atoms with E-state index in [1.807, 2.05) is 6.07 Å². The van der Waals surface area contributed by atoms with E-state index in [-0.39, 0.29) is 11.8 Å². The number of amides is 1. The summed E-state index contributed by atoms with van der Waals surface area (Å²) in [6.45, 7) is 2.87. The predicted molar refractivity (Wildman–Crippen MR) is 81.6 cm³/mol. The Hall–Kier alpha value is -2.15. The summed E-state index contributed by atoms with van der Waals surface area (Å²) in [6, 6.07) is 6.47. The van der Waals surface area contributed by atoms with Crippen molar-refractivity contribution in [2.45, 2.75) is 25.8 Å². The van der Waals surface area contributed by atoms with Gasteiger partial charge in [-0.3, -0.25) is 10.1 Å². The number of nitrogens with one attached hydrogen (secondary N) is 1. The second-order valence-electron chi connectivity index (χ2n) is 5.27. The maximum atomic E-state index is 11.8. The minimum absolute atomic E-state index is 0.0795. The molecule has 1 amide bonds. The molecule has 1 aliphatic heterocycles. The van der Waals surface area contributed by atoms with Crippen LogP contribution < -0.4 is 5.32 Å². The van der Waals surface area contributed by atoms with Gasteiger partial charge in [0.2, 0.25) is 0 Å². The number of likely N-dealkylation sites (tertiary alicyclic amines) is 1. The molecule has 1 aromatic rings. The Kier molecular flexibility index (Phi) is 6.14. The fourth-order valence-corrected chi connectivity index (χ4v) is 2.39. The molecule has 120 valence electrons. The number of rotatable bonds is 6. The van der Waals surface area contributed by atoms with E-state index in [2.05, 4.69) is 5.32 Å². The van der Waals surface area contributed by atoms with Crippen LogP contribution in [0.4, 0.5) is 10.5 Å². The molecule has 0 aliphatic carbocycles. The molecule has 0 unspecified atom stereocenters. The third-order valence-electron chi connectivity index (χ3n) is 3.57. The Morgan fingerprint density at radius 3 is 2.82 bits per heavy atom. The van der Waals surface area contributed by atoms with E-state index in [0.717, 1.165) is 31.5 Å². The van der Waals surface area contributed by atoms with Gasteiger partial charge >= 0.3 is 6.09 Å². The van der Waals surface area contributed by atoms with Crippen LogP contribution in [0.25, 0.3) is 0 Å². The zero-order valence-corrected chi connectivity index (χ0v) is 12.5. The van der Waals surface area contributed by atoms with Crippen LogP contribution in [-0.2, 0) is 11.3 Å². The molecule has 1 N–H and O–H groups in total. The van der Waals surface area contributed by atoms with E-state index < -0.39 is 4.92 Å². The number of carbonyl (C=O) groups is 1. The summed E-state index contributed by atoms with van der Waals surface area (Å²) in [5.41, 5.74) is 0.910. The summed E-state index contributed by atoms with van der Waals surface area (Å²) in [5.74, 6) is 0. The zero-order chi connectivity index (χ0) is 15.8. The van der Waals surface area contributed by atoms with Crippen LogP contribution in [0.3, 0.4) is 0 Å². The Bertz CT molecular complexity index is 515. The molecular weight excluding hydrogens is 286 g/mol. The lowest BCUT2D eigenvalue weighted by Gasteiger charge is -2.25. The van der Waals surface area contributed by atoms with Gasteiger partial charge in [-0.05, 0) is 24.8 Å². The minimum atomic E-state index is -0.413. The van der Waals surface area contributed by atoms with E-state index >= 15 is 0 Å². The normalized spacial score (nSPS) is 14.6. The number of piperidine rings is 1. The van der Waals surface area contributed by atoms with Crippen molar-refractivity contribution in [1.82, 2.24) is 10.2 Å². The van der Waals surface area contributed by atoms with Gasteiger partial charge < -0.3 is 15.0 Å². The number of nitrogens with zero attached hydrogens (tertiary/aromatic N) is 2. The number of hydrogen-bond acceptors (Lipinski definition) is 5. The zero-order valence-electron chi connectivity index (χ0n) is 12.5. The van der Waals surface area contributed by atoms with E-state index in [0.29, 0.717) is 19.7 Å². The standard InChI is InChI=1S/C15H21N3O4/c19-15(17-8-2-1-3-9-17)22-10-7-16-12-13-5-4-6-14(11-13)18(20)21/h4-6,11,16H,1-3,7-10,12H2. The molecule has 1 aromatic carbocycles. The summed E-state index contributed by atoms with van der Waals surface area (Å²) in [6.07, 6.45) is 3.01. The van der Waals surface area contributed by atoms with Crippen LogP contribution in [0, 0.1) is 10.1 Å². The molecule has 0 saturated carbocycles. The van der Waals surface area contributed by atoms with Gasteiger partial charge in [-0.15, -0.1) is 0 Å². The highest BCUT2D eigenvalue weighted by molar-refractivity contribution is 5.67. The first-order valence-corrected chi connectivity index (χ1v) is 7.52. The molecule has 0 atom stereocenters. The lowest BCUT2D eigenvalue weighted by atomic mass is 10.1. The Labute approximate surface area is 129 Å². The third-order valence-corrected chi connectivity index (χ3v) is 3.57. The van der Waals surface area contributed by atoms with E-state index in [1.54, 1.807) is 11.0 Å². The van der Waals surface area contributed by atoms with Crippen molar-refractivity contribution in [3.63, 3.8) is 0 Å². The first-order chi connectivity index (χ1) is 10.7. The number of ether oxygens (including phenoxy) is 1. The van der Waals surface area contributed by atoms with Crippen molar-refractivity contribution in [2.24, 2.45) is 0 Å². The lowest BCUT2D eigenvalue weighted by molar-refractivity contribution is -0.384. The van der Waals surface area contributed by atoms with Crippen molar-refractivity contribution in [3.05, 3.63) is 39.9 Å². The molecule has 22 heavy (non-hydrogen) atoms. The summed E-state index contributed by atoms with van der Waals surface area (Å²) < 4.78 is 5.20. The summed E-state index contributed by atoms with van der Waals surface area (Å²) >= 11 is 0. The fourth-order valence-electron chi connectivity index (χ4n) is 2.39. The van der Waals surface area contributed by atoms with Crippen LogP contribution in [0.5, 0.6) is 0 Å². The molecule has 0 radical (unpaired) electrons. The van der Waals surface area contributed by atoms with Crippen molar-refractivity contribution in [2.75, 3.05) is 26.2 Å². The van der Waals surface area contributed by atoms with Gasteiger partial charge in [0.25, 0.3) is 5.69 Å². The molecule has 1 heterocycles. The van der Waals surface area contributed by atoms with Gasteiger partial charge in [-0.25, -0.2) is 4.79 Å². The molecule has 1 saturated heterocycles. The molecule has 1 fully saturated rings. The maximum absolute atomic E-state index is 11.8. The molecule has 7 heteroatoms. The van der Waals surface area contributed by atoms with Crippen LogP contribution in [-0.4, -0.2) is 42.2 Å².